The van der Waals surface area contributed by atoms with Crippen LogP contribution in [-0.4, -0.2) is 18.9 Å². The zero-order valence-electron chi connectivity index (χ0n) is 11.1. The number of rotatable bonds is 5. The number of unbranched alkanes of at least 4 members (excludes halogenated alkanes) is 2. The minimum atomic E-state index is -0.483. The first-order chi connectivity index (χ1) is 9.17. The normalized spacial score (nSPS) is 10.0. The van der Waals surface area contributed by atoms with E-state index in [0.717, 1.165) is 12.8 Å². The maximum Gasteiger partial charge on any atom is 0.330 e. The van der Waals surface area contributed by atoms with E-state index < -0.39 is 5.97 Å². The molecule has 1 aromatic rings. The Hall–Kier alpha value is -2.28. The van der Waals surface area contributed by atoms with Crippen molar-refractivity contribution in [2.45, 2.75) is 26.2 Å². The number of ether oxygens (including phenoxy) is 1. The minimum absolute atomic E-state index is 0.175. The predicted molar refractivity (Wildman–Crippen MR) is 71.4 cm³/mol. The van der Waals surface area contributed by atoms with Crippen LogP contribution in [0.25, 0.3) is 6.08 Å². The van der Waals surface area contributed by atoms with Crippen LogP contribution in [0.1, 0.15) is 42.5 Å². The highest BCUT2D eigenvalue weighted by Gasteiger charge is 2.07. The molecule has 0 spiro atoms. The highest BCUT2D eigenvalue weighted by atomic mass is 16.5. The van der Waals surface area contributed by atoms with Crippen molar-refractivity contribution >= 4 is 17.8 Å². The van der Waals surface area contributed by atoms with Crippen molar-refractivity contribution in [3.05, 3.63) is 29.7 Å². The molecule has 0 aliphatic rings. The lowest BCUT2D eigenvalue weighted by Gasteiger charge is -1.89. The average Bonchev–Trinajstić information content (AvgIpc) is 2.89. The van der Waals surface area contributed by atoms with Crippen LogP contribution < -0.4 is 0 Å². The average molecular weight is 260 g/mol. The predicted octanol–water partition coefficient (Wildman–Crippen LogP) is 2.84. The molecule has 1 aromatic heterocycles. The number of esters is 1. The molecule has 0 aliphatic heterocycles. The molecule has 0 saturated carbocycles. The smallest absolute Gasteiger partial charge is 0.330 e. The van der Waals surface area contributed by atoms with Crippen molar-refractivity contribution in [3.63, 3.8) is 0 Å². The Kier molecular flexibility index (Phi) is 6.17. The highest BCUT2D eigenvalue weighted by Crippen LogP contribution is 2.10. The lowest BCUT2D eigenvalue weighted by atomic mass is 10.2. The van der Waals surface area contributed by atoms with E-state index in [4.69, 9.17) is 4.42 Å². The number of carbonyl (C=O) groups is 2. The van der Waals surface area contributed by atoms with Crippen LogP contribution in [0.3, 0.4) is 0 Å². The van der Waals surface area contributed by atoms with Gasteiger partial charge in [-0.25, -0.2) is 4.79 Å². The number of ketones is 1. The van der Waals surface area contributed by atoms with Crippen LogP contribution in [0.15, 0.2) is 22.6 Å². The molecule has 0 amide bonds. The Morgan fingerprint density at radius 1 is 1.42 bits per heavy atom. The van der Waals surface area contributed by atoms with Crippen molar-refractivity contribution in [2.24, 2.45) is 0 Å². The van der Waals surface area contributed by atoms with E-state index >= 15 is 0 Å². The molecule has 1 rings (SSSR count). The van der Waals surface area contributed by atoms with E-state index in [1.54, 1.807) is 6.07 Å². The standard InChI is InChI=1S/C15H16O4/c1-3-4-5-6-7-13(16)14-10-8-12(19-14)9-11-15(17)18-2/h8-11H,3-5H2,1-2H3/b11-9+. The molecule has 0 saturated heterocycles. The highest BCUT2D eigenvalue weighted by molar-refractivity contribution is 6.07. The van der Waals surface area contributed by atoms with Gasteiger partial charge in [0.15, 0.2) is 5.76 Å². The van der Waals surface area contributed by atoms with Crippen LogP contribution in [-0.2, 0) is 9.53 Å². The fourth-order valence-electron chi connectivity index (χ4n) is 1.25. The number of hydrogen-bond acceptors (Lipinski definition) is 4. The molecule has 19 heavy (non-hydrogen) atoms. The molecule has 0 aliphatic carbocycles. The summed E-state index contributed by atoms with van der Waals surface area (Å²) < 4.78 is 9.70. The Bertz CT molecular complexity index is 526. The first kappa shape index (κ1) is 14.8. The van der Waals surface area contributed by atoms with Crippen LogP contribution in [0.5, 0.6) is 0 Å². The zero-order valence-corrected chi connectivity index (χ0v) is 11.1. The number of carbonyl (C=O) groups excluding carboxylic acids is 2. The first-order valence-corrected chi connectivity index (χ1v) is 6.06. The van der Waals surface area contributed by atoms with E-state index in [0.29, 0.717) is 12.2 Å². The maximum atomic E-state index is 11.6. The first-order valence-electron chi connectivity index (χ1n) is 6.06. The largest absolute Gasteiger partial charge is 0.466 e. The van der Waals surface area contributed by atoms with E-state index in [1.807, 2.05) is 0 Å². The van der Waals surface area contributed by atoms with Gasteiger partial charge in [0.1, 0.15) is 5.76 Å². The second-order valence-corrected chi connectivity index (χ2v) is 3.79. The fourth-order valence-corrected chi connectivity index (χ4v) is 1.25. The van der Waals surface area contributed by atoms with Gasteiger partial charge in [-0.1, -0.05) is 19.3 Å². The van der Waals surface area contributed by atoms with Gasteiger partial charge in [0.25, 0.3) is 5.78 Å². The molecule has 100 valence electrons. The molecule has 0 atom stereocenters. The molecule has 0 N–H and O–H groups in total. The van der Waals surface area contributed by atoms with Gasteiger partial charge in [0.2, 0.25) is 0 Å². The topological polar surface area (TPSA) is 56.5 Å². The quantitative estimate of drug-likeness (QED) is 0.204. The summed E-state index contributed by atoms with van der Waals surface area (Å²) in [6.45, 7) is 2.07. The maximum absolute atomic E-state index is 11.6. The Morgan fingerprint density at radius 2 is 2.21 bits per heavy atom. The van der Waals surface area contributed by atoms with Gasteiger partial charge < -0.3 is 9.15 Å². The lowest BCUT2D eigenvalue weighted by molar-refractivity contribution is -0.134. The summed E-state index contributed by atoms with van der Waals surface area (Å²) in [5.41, 5.74) is 0. The van der Waals surface area contributed by atoms with Crippen molar-refractivity contribution in [1.82, 2.24) is 0 Å². The number of methoxy groups -OCH3 is 1. The van der Waals surface area contributed by atoms with Crippen molar-refractivity contribution in [1.29, 1.82) is 0 Å². The molecule has 4 heteroatoms. The van der Waals surface area contributed by atoms with Crippen molar-refractivity contribution in [2.75, 3.05) is 7.11 Å². The molecule has 0 aromatic carbocycles. The minimum Gasteiger partial charge on any atom is -0.466 e. The van der Waals surface area contributed by atoms with Gasteiger partial charge in [-0.2, -0.15) is 0 Å². The van der Waals surface area contributed by atoms with Crippen LogP contribution >= 0.6 is 0 Å². The van der Waals surface area contributed by atoms with Crippen molar-refractivity contribution < 1.29 is 18.7 Å². The van der Waals surface area contributed by atoms with Crippen molar-refractivity contribution in [3.8, 4) is 11.8 Å². The van der Waals surface area contributed by atoms with E-state index in [2.05, 4.69) is 23.5 Å². The molecular weight excluding hydrogens is 244 g/mol. The van der Waals surface area contributed by atoms with Gasteiger partial charge in [-0.3, -0.25) is 4.79 Å². The monoisotopic (exact) mass is 260 g/mol. The Morgan fingerprint density at radius 3 is 2.89 bits per heavy atom. The summed E-state index contributed by atoms with van der Waals surface area (Å²) in [4.78, 5) is 22.5. The third-order valence-corrected chi connectivity index (χ3v) is 2.29. The third kappa shape index (κ3) is 5.26. The van der Waals surface area contributed by atoms with Gasteiger partial charge in [-0.05, 0) is 30.6 Å². The number of furan rings is 1. The summed E-state index contributed by atoms with van der Waals surface area (Å²) >= 11 is 0. The summed E-state index contributed by atoms with van der Waals surface area (Å²) in [5.74, 6) is 5.07. The summed E-state index contributed by atoms with van der Waals surface area (Å²) in [5, 5.41) is 0. The van der Waals surface area contributed by atoms with E-state index in [1.165, 1.54) is 25.3 Å². The van der Waals surface area contributed by atoms with Crippen LogP contribution in [0, 0.1) is 11.8 Å². The number of Topliss-reactive ketones (excluding diaryl/α,β-unsaturated/α-hetero) is 1. The zero-order chi connectivity index (χ0) is 14.1. The van der Waals surface area contributed by atoms with Crippen LogP contribution in [0.2, 0.25) is 0 Å². The van der Waals surface area contributed by atoms with Gasteiger partial charge in [0.05, 0.1) is 7.11 Å². The van der Waals surface area contributed by atoms with Gasteiger partial charge in [-0.15, -0.1) is 0 Å². The second kappa shape index (κ2) is 7.93. The van der Waals surface area contributed by atoms with E-state index in [-0.39, 0.29) is 11.5 Å². The Balaban J connectivity index is 2.63. The van der Waals surface area contributed by atoms with Gasteiger partial charge in [0, 0.05) is 12.5 Å². The summed E-state index contributed by atoms with van der Waals surface area (Å²) in [6, 6.07) is 3.13. The molecular formula is C15H16O4. The SMILES string of the molecule is CCCCC#CC(=O)c1ccc(/C=C/C(=O)OC)o1. The third-order valence-electron chi connectivity index (χ3n) is 2.29. The van der Waals surface area contributed by atoms with Gasteiger partial charge >= 0.3 is 5.97 Å². The molecule has 1 heterocycles. The molecule has 0 bridgehead atoms. The molecule has 0 unspecified atom stereocenters. The van der Waals surface area contributed by atoms with Crippen LogP contribution in [0.4, 0.5) is 0 Å². The fraction of sp³-hybridized carbons (Fsp3) is 0.333. The Labute approximate surface area is 112 Å². The summed E-state index contributed by atoms with van der Waals surface area (Å²) in [6.07, 6.45) is 5.39. The van der Waals surface area contributed by atoms with E-state index in [9.17, 15) is 9.59 Å². The molecule has 4 nitrogen and oxygen atoms in total. The molecule has 0 radical (unpaired) electrons. The second-order valence-electron chi connectivity index (χ2n) is 3.79. The number of hydrogen-bond donors (Lipinski definition) is 0. The lowest BCUT2D eigenvalue weighted by Crippen LogP contribution is -1.93. The summed E-state index contributed by atoms with van der Waals surface area (Å²) in [7, 11) is 1.29. The molecule has 0 fully saturated rings.